The van der Waals surface area contributed by atoms with Crippen LogP contribution in [0.1, 0.15) is 60.3 Å². The van der Waals surface area contributed by atoms with E-state index >= 15 is 0 Å². The zero-order valence-corrected chi connectivity index (χ0v) is 11.7. The molecule has 98 valence electrons. The summed E-state index contributed by atoms with van der Waals surface area (Å²) in [6.45, 7) is 11.0. The van der Waals surface area contributed by atoms with Crippen LogP contribution >= 0.6 is 0 Å². The van der Waals surface area contributed by atoms with Gasteiger partial charge in [-0.3, -0.25) is 0 Å². The van der Waals surface area contributed by atoms with Crippen LogP contribution in [-0.2, 0) is 4.74 Å². The molecule has 0 fully saturated rings. The first-order valence-electron chi connectivity index (χ1n) is 6.77. The van der Waals surface area contributed by atoms with Crippen molar-refractivity contribution in [1.29, 1.82) is 0 Å². The average molecular weight is 230 g/mol. The molecule has 3 atom stereocenters. The number of hydrogen-bond donors (Lipinski definition) is 1. The first-order valence-corrected chi connectivity index (χ1v) is 6.77. The molecule has 0 saturated carbocycles. The first-order chi connectivity index (χ1) is 7.51. The van der Waals surface area contributed by atoms with Crippen LogP contribution in [-0.4, -0.2) is 23.9 Å². The highest BCUT2D eigenvalue weighted by molar-refractivity contribution is 4.68. The van der Waals surface area contributed by atoms with E-state index in [1.54, 1.807) is 0 Å². The van der Waals surface area contributed by atoms with E-state index < -0.39 is 0 Å². The number of aliphatic hydroxyl groups excluding tert-OH is 1. The molecule has 0 rings (SSSR count). The maximum atomic E-state index is 8.99. The zero-order valence-electron chi connectivity index (χ0n) is 11.7. The van der Waals surface area contributed by atoms with E-state index in [4.69, 9.17) is 9.84 Å². The van der Waals surface area contributed by atoms with Crippen molar-refractivity contribution in [3.8, 4) is 0 Å². The minimum absolute atomic E-state index is 0.0339. The number of ether oxygens (including phenoxy) is 1. The summed E-state index contributed by atoms with van der Waals surface area (Å²) >= 11 is 0. The van der Waals surface area contributed by atoms with Gasteiger partial charge in [0.1, 0.15) is 0 Å². The van der Waals surface area contributed by atoms with E-state index in [9.17, 15) is 0 Å². The summed E-state index contributed by atoms with van der Waals surface area (Å²) in [4.78, 5) is 0. The summed E-state index contributed by atoms with van der Waals surface area (Å²) in [6, 6.07) is 0. The second kappa shape index (κ2) is 9.00. The predicted molar refractivity (Wildman–Crippen MR) is 69.6 cm³/mol. The average Bonchev–Trinajstić information content (AvgIpc) is 2.23. The molecular weight excluding hydrogens is 200 g/mol. The van der Waals surface area contributed by atoms with Gasteiger partial charge in [0, 0.05) is 0 Å². The third-order valence-electron chi connectivity index (χ3n) is 3.14. The van der Waals surface area contributed by atoms with Gasteiger partial charge in [-0.25, -0.2) is 0 Å². The highest BCUT2D eigenvalue weighted by Crippen LogP contribution is 2.23. The number of hydrogen-bond acceptors (Lipinski definition) is 2. The molecule has 0 bridgehead atoms. The van der Waals surface area contributed by atoms with Gasteiger partial charge in [-0.1, -0.05) is 33.6 Å². The molecule has 0 aromatic carbocycles. The van der Waals surface area contributed by atoms with Crippen molar-refractivity contribution in [1.82, 2.24) is 0 Å². The molecule has 16 heavy (non-hydrogen) atoms. The van der Waals surface area contributed by atoms with E-state index in [1.165, 1.54) is 25.7 Å². The lowest BCUT2D eigenvalue weighted by Crippen LogP contribution is -2.27. The van der Waals surface area contributed by atoms with Gasteiger partial charge in [0.2, 0.25) is 0 Å². The molecule has 0 aromatic heterocycles. The molecule has 0 aliphatic carbocycles. The molecule has 0 saturated heterocycles. The molecule has 0 spiro atoms. The summed E-state index contributed by atoms with van der Waals surface area (Å²) in [5.74, 6) is 1.41. The van der Waals surface area contributed by atoms with Gasteiger partial charge in [0.05, 0.1) is 18.8 Å². The Morgan fingerprint density at radius 2 is 1.62 bits per heavy atom. The molecule has 1 N–H and O–H groups in total. The van der Waals surface area contributed by atoms with Crippen molar-refractivity contribution in [2.24, 2.45) is 11.8 Å². The van der Waals surface area contributed by atoms with Crippen molar-refractivity contribution in [3.63, 3.8) is 0 Å². The van der Waals surface area contributed by atoms with Crippen molar-refractivity contribution < 1.29 is 9.84 Å². The Kier molecular flexibility index (Phi) is 8.96. The molecule has 0 amide bonds. The van der Waals surface area contributed by atoms with Crippen LogP contribution in [0, 0.1) is 11.8 Å². The molecule has 3 unspecified atom stereocenters. The molecule has 2 nitrogen and oxygen atoms in total. The Bertz CT molecular complexity index is 157. The van der Waals surface area contributed by atoms with Crippen LogP contribution in [0.5, 0.6) is 0 Å². The maximum Gasteiger partial charge on any atom is 0.0781 e. The molecule has 0 heterocycles. The Balaban J connectivity index is 4.06. The topological polar surface area (TPSA) is 29.5 Å². The van der Waals surface area contributed by atoms with Crippen molar-refractivity contribution in [3.05, 3.63) is 0 Å². The Morgan fingerprint density at radius 3 is 2.06 bits per heavy atom. The largest absolute Gasteiger partial charge is 0.394 e. The second-order valence-corrected chi connectivity index (χ2v) is 5.35. The SMILES string of the molecule is CCCC(CCC(C)C)C(C)OC(C)CO. The Labute approximate surface area is 101 Å². The molecule has 2 heteroatoms. The van der Waals surface area contributed by atoms with Crippen LogP contribution in [0.2, 0.25) is 0 Å². The van der Waals surface area contributed by atoms with Crippen LogP contribution in [0.15, 0.2) is 0 Å². The molecule has 0 radical (unpaired) electrons. The number of aliphatic hydroxyl groups is 1. The summed E-state index contributed by atoms with van der Waals surface area (Å²) in [6.07, 6.45) is 5.18. The first kappa shape index (κ1) is 15.9. The number of rotatable bonds is 9. The molecule has 0 aliphatic heterocycles. The minimum Gasteiger partial charge on any atom is -0.394 e. The van der Waals surface area contributed by atoms with Crippen molar-refractivity contribution in [2.45, 2.75) is 72.5 Å². The summed E-state index contributed by atoms with van der Waals surface area (Å²) < 4.78 is 5.80. The van der Waals surface area contributed by atoms with E-state index in [-0.39, 0.29) is 18.8 Å². The van der Waals surface area contributed by atoms with Gasteiger partial charge in [0.25, 0.3) is 0 Å². The van der Waals surface area contributed by atoms with Crippen LogP contribution in [0.3, 0.4) is 0 Å². The zero-order chi connectivity index (χ0) is 12.6. The normalized spacial score (nSPS) is 17.4. The fourth-order valence-corrected chi connectivity index (χ4v) is 2.05. The molecular formula is C14H30O2. The lowest BCUT2D eigenvalue weighted by Gasteiger charge is -2.27. The van der Waals surface area contributed by atoms with Gasteiger partial charge in [-0.2, -0.15) is 0 Å². The molecule has 0 aromatic rings. The highest BCUT2D eigenvalue weighted by atomic mass is 16.5. The van der Waals surface area contributed by atoms with E-state index in [0.29, 0.717) is 5.92 Å². The lowest BCUT2D eigenvalue weighted by molar-refractivity contribution is -0.0504. The smallest absolute Gasteiger partial charge is 0.0781 e. The van der Waals surface area contributed by atoms with Crippen molar-refractivity contribution >= 4 is 0 Å². The molecule has 0 aliphatic rings. The fraction of sp³-hybridized carbons (Fsp3) is 1.00. The Hall–Kier alpha value is -0.0800. The Morgan fingerprint density at radius 1 is 1.00 bits per heavy atom. The highest BCUT2D eigenvalue weighted by Gasteiger charge is 2.19. The third kappa shape index (κ3) is 7.24. The fourth-order valence-electron chi connectivity index (χ4n) is 2.05. The van der Waals surface area contributed by atoms with Gasteiger partial charge >= 0.3 is 0 Å². The van der Waals surface area contributed by atoms with Crippen LogP contribution in [0.25, 0.3) is 0 Å². The maximum absolute atomic E-state index is 8.99. The minimum atomic E-state index is -0.0339. The summed E-state index contributed by atoms with van der Waals surface area (Å²) in [7, 11) is 0. The van der Waals surface area contributed by atoms with Gasteiger partial charge in [-0.15, -0.1) is 0 Å². The van der Waals surface area contributed by atoms with Crippen LogP contribution in [0.4, 0.5) is 0 Å². The van der Waals surface area contributed by atoms with E-state index in [0.717, 1.165) is 5.92 Å². The van der Waals surface area contributed by atoms with Gasteiger partial charge < -0.3 is 9.84 Å². The monoisotopic (exact) mass is 230 g/mol. The quantitative estimate of drug-likeness (QED) is 0.655. The van der Waals surface area contributed by atoms with Crippen molar-refractivity contribution in [2.75, 3.05) is 6.61 Å². The predicted octanol–water partition coefficient (Wildman–Crippen LogP) is 3.62. The van der Waals surface area contributed by atoms with Gasteiger partial charge in [0.15, 0.2) is 0 Å². The van der Waals surface area contributed by atoms with E-state index in [1.807, 2.05) is 6.92 Å². The second-order valence-electron chi connectivity index (χ2n) is 5.35. The van der Waals surface area contributed by atoms with Gasteiger partial charge in [-0.05, 0) is 38.5 Å². The standard InChI is InChI=1S/C14H30O2/c1-6-7-14(9-8-11(2)3)13(5)16-12(4)10-15/h11-15H,6-10H2,1-5H3. The third-order valence-corrected chi connectivity index (χ3v) is 3.14. The summed E-state index contributed by atoms with van der Waals surface area (Å²) in [5, 5.41) is 8.99. The lowest BCUT2D eigenvalue weighted by atomic mass is 9.90. The van der Waals surface area contributed by atoms with E-state index in [2.05, 4.69) is 27.7 Å². The summed E-state index contributed by atoms with van der Waals surface area (Å²) in [5.41, 5.74) is 0. The van der Waals surface area contributed by atoms with Crippen LogP contribution < -0.4 is 0 Å².